The van der Waals surface area contributed by atoms with Gasteiger partial charge in [-0.3, -0.25) is 4.79 Å². The highest BCUT2D eigenvalue weighted by molar-refractivity contribution is 9.10. The van der Waals surface area contributed by atoms with Gasteiger partial charge in [0.1, 0.15) is 11.9 Å². The molecule has 94 valence electrons. The molecule has 0 fully saturated rings. The van der Waals surface area contributed by atoms with E-state index in [0.29, 0.717) is 11.3 Å². The van der Waals surface area contributed by atoms with Crippen molar-refractivity contribution in [3.05, 3.63) is 63.9 Å². The Labute approximate surface area is 117 Å². The fraction of sp³-hybridized carbons (Fsp3) is 0. The van der Waals surface area contributed by atoms with Crippen molar-refractivity contribution in [1.29, 1.82) is 5.26 Å². The van der Waals surface area contributed by atoms with E-state index in [9.17, 15) is 9.18 Å². The van der Waals surface area contributed by atoms with Crippen LogP contribution in [0.15, 0.2) is 46.9 Å². The van der Waals surface area contributed by atoms with E-state index in [1.807, 2.05) is 6.07 Å². The van der Waals surface area contributed by atoms with Crippen LogP contribution in [0.4, 0.5) is 10.1 Å². The molecular formula is C14H8BrFN2O. The molecule has 0 aromatic heterocycles. The van der Waals surface area contributed by atoms with Crippen LogP contribution in [0.25, 0.3) is 0 Å². The lowest BCUT2D eigenvalue weighted by Crippen LogP contribution is -2.14. The van der Waals surface area contributed by atoms with Gasteiger partial charge in [0.05, 0.1) is 16.8 Å². The van der Waals surface area contributed by atoms with Crippen LogP contribution in [0, 0.1) is 17.1 Å². The lowest BCUT2D eigenvalue weighted by molar-refractivity contribution is 0.102. The number of carbonyl (C=O) groups excluding carboxylic acids is 1. The molecule has 0 atom stereocenters. The van der Waals surface area contributed by atoms with E-state index in [-0.39, 0.29) is 5.56 Å². The SMILES string of the molecule is N#Cc1ccc(Br)cc1NC(=O)c1ccccc1F. The van der Waals surface area contributed by atoms with Crippen LogP contribution in [0.3, 0.4) is 0 Å². The van der Waals surface area contributed by atoms with Gasteiger partial charge in [-0.25, -0.2) is 4.39 Å². The maximum Gasteiger partial charge on any atom is 0.258 e. The fourth-order valence-electron chi connectivity index (χ4n) is 1.55. The minimum Gasteiger partial charge on any atom is -0.321 e. The van der Waals surface area contributed by atoms with Gasteiger partial charge < -0.3 is 5.32 Å². The van der Waals surface area contributed by atoms with Gasteiger partial charge in [-0.2, -0.15) is 5.26 Å². The highest BCUT2D eigenvalue weighted by Gasteiger charge is 2.13. The Bertz CT molecular complexity index is 679. The largest absolute Gasteiger partial charge is 0.321 e. The predicted molar refractivity (Wildman–Crippen MR) is 73.2 cm³/mol. The van der Waals surface area contributed by atoms with E-state index in [1.54, 1.807) is 24.3 Å². The maximum atomic E-state index is 13.5. The van der Waals surface area contributed by atoms with Gasteiger partial charge in [0, 0.05) is 4.47 Å². The third kappa shape index (κ3) is 2.98. The minimum absolute atomic E-state index is 0.0636. The Balaban J connectivity index is 2.32. The first-order valence-electron chi connectivity index (χ1n) is 5.37. The number of nitrogens with one attached hydrogen (secondary N) is 1. The summed E-state index contributed by atoms with van der Waals surface area (Å²) in [6, 6.07) is 12.5. The Kier molecular flexibility index (Phi) is 3.93. The molecule has 2 aromatic carbocycles. The molecular weight excluding hydrogens is 311 g/mol. The van der Waals surface area contributed by atoms with Gasteiger partial charge >= 0.3 is 0 Å². The van der Waals surface area contributed by atoms with Crippen molar-refractivity contribution < 1.29 is 9.18 Å². The third-order valence-electron chi connectivity index (χ3n) is 2.47. The van der Waals surface area contributed by atoms with E-state index in [0.717, 1.165) is 4.47 Å². The molecule has 0 radical (unpaired) electrons. The van der Waals surface area contributed by atoms with Gasteiger partial charge in [-0.05, 0) is 30.3 Å². The summed E-state index contributed by atoms with van der Waals surface area (Å²) in [7, 11) is 0. The van der Waals surface area contributed by atoms with Crippen molar-refractivity contribution >= 4 is 27.5 Å². The average molecular weight is 319 g/mol. The molecule has 0 saturated heterocycles. The standard InChI is InChI=1S/C14H8BrFN2O/c15-10-6-5-9(8-17)13(7-10)18-14(19)11-3-1-2-4-12(11)16/h1-7H,(H,18,19). The number of anilines is 1. The Morgan fingerprint density at radius 1 is 1.26 bits per heavy atom. The number of halogens is 2. The van der Waals surface area contributed by atoms with Crippen molar-refractivity contribution in [2.75, 3.05) is 5.32 Å². The molecule has 0 unspecified atom stereocenters. The quantitative estimate of drug-likeness (QED) is 0.917. The lowest BCUT2D eigenvalue weighted by Gasteiger charge is -2.08. The Hall–Kier alpha value is -2.19. The second-order valence-corrected chi connectivity index (χ2v) is 4.65. The molecule has 0 heterocycles. The Morgan fingerprint density at radius 2 is 2.00 bits per heavy atom. The molecule has 2 aromatic rings. The van der Waals surface area contributed by atoms with E-state index >= 15 is 0 Å². The van der Waals surface area contributed by atoms with Crippen LogP contribution < -0.4 is 5.32 Å². The molecule has 0 spiro atoms. The third-order valence-corrected chi connectivity index (χ3v) is 2.96. The predicted octanol–water partition coefficient (Wildman–Crippen LogP) is 3.71. The lowest BCUT2D eigenvalue weighted by atomic mass is 10.1. The van der Waals surface area contributed by atoms with Crippen LogP contribution in [0.5, 0.6) is 0 Å². The van der Waals surface area contributed by atoms with Crippen LogP contribution in [0.1, 0.15) is 15.9 Å². The summed E-state index contributed by atoms with van der Waals surface area (Å²) >= 11 is 3.25. The minimum atomic E-state index is -0.603. The average Bonchev–Trinajstić information content (AvgIpc) is 2.39. The number of nitrogens with zero attached hydrogens (tertiary/aromatic N) is 1. The van der Waals surface area contributed by atoms with Gasteiger partial charge in [0.25, 0.3) is 5.91 Å². The number of hydrogen-bond acceptors (Lipinski definition) is 2. The number of carbonyl (C=O) groups is 1. The molecule has 3 nitrogen and oxygen atoms in total. The van der Waals surface area contributed by atoms with Crippen molar-refractivity contribution in [3.63, 3.8) is 0 Å². The first-order valence-corrected chi connectivity index (χ1v) is 6.16. The van der Waals surface area contributed by atoms with E-state index < -0.39 is 11.7 Å². The van der Waals surface area contributed by atoms with E-state index in [4.69, 9.17) is 5.26 Å². The molecule has 1 amide bonds. The molecule has 0 bridgehead atoms. The molecule has 19 heavy (non-hydrogen) atoms. The first kappa shape index (κ1) is 13.2. The number of rotatable bonds is 2. The summed E-state index contributed by atoms with van der Waals surface area (Å²) in [5.41, 5.74) is 0.587. The van der Waals surface area contributed by atoms with Gasteiger partial charge in [0.15, 0.2) is 0 Å². The normalized spacial score (nSPS) is 9.74. The highest BCUT2D eigenvalue weighted by Crippen LogP contribution is 2.21. The van der Waals surface area contributed by atoms with Gasteiger partial charge in [-0.15, -0.1) is 0 Å². The second kappa shape index (κ2) is 5.63. The summed E-state index contributed by atoms with van der Waals surface area (Å²) in [5, 5.41) is 11.5. The van der Waals surface area contributed by atoms with Crippen molar-refractivity contribution in [1.82, 2.24) is 0 Å². The van der Waals surface area contributed by atoms with Crippen LogP contribution >= 0.6 is 15.9 Å². The molecule has 5 heteroatoms. The van der Waals surface area contributed by atoms with Crippen molar-refractivity contribution in [2.45, 2.75) is 0 Å². The molecule has 0 saturated carbocycles. The van der Waals surface area contributed by atoms with Gasteiger partial charge in [-0.1, -0.05) is 28.1 Å². The molecule has 2 rings (SSSR count). The Morgan fingerprint density at radius 3 is 2.68 bits per heavy atom. The van der Waals surface area contributed by atoms with Crippen molar-refractivity contribution in [2.24, 2.45) is 0 Å². The monoisotopic (exact) mass is 318 g/mol. The zero-order valence-corrected chi connectivity index (χ0v) is 11.2. The first-order chi connectivity index (χ1) is 9.11. The number of amides is 1. The molecule has 0 aliphatic heterocycles. The topological polar surface area (TPSA) is 52.9 Å². The van der Waals surface area contributed by atoms with Crippen LogP contribution in [0.2, 0.25) is 0 Å². The fourth-order valence-corrected chi connectivity index (χ4v) is 1.91. The maximum absolute atomic E-state index is 13.5. The smallest absolute Gasteiger partial charge is 0.258 e. The summed E-state index contributed by atoms with van der Waals surface area (Å²) in [6.45, 7) is 0. The number of nitriles is 1. The summed E-state index contributed by atoms with van der Waals surface area (Å²) in [5.74, 6) is -1.19. The second-order valence-electron chi connectivity index (χ2n) is 3.74. The summed E-state index contributed by atoms with van der Waals surface area (Å²) in [6.07, 6.45) is 0. The summed E-state index contributed by atoms with van der Waals surface area (Å²) in [4.78, 5) is 11.9. The zero-order chi connectivity index (χ0) is 13.8. The van der Waals surface area contributed by atoms with Crippen LogP contribution in [-0.4, -0.2) is 5.91 Å². The zero-order valence-electron chi connectivity index (χ0n) is 9.65. The van der Waals surface area contributed by atoms with E-state index in [1.165, 1.54) is 18.2 Å². The number of hydrogen-bond donors (Lipinski definition) is 1. The van der Waals surface area contributed by atoms with Crippen molar-refractivity contribution in [3.8, 4) is 6.07 Å². The summed E-state index contributed by atoms with van der Waals surface area (Å²) < 4.78 is 14.2. The van der Waals surface area contributed by atoms with E-state index in [2.05, 4.69) is 21.2 Å². The molecule has 1 N–H and O–H groups in total. The highest BCUT2D eigenvalue weighted by atomic mass is 79.9. The molecule has 0 aliphatic carbocycles. The number of benzene rings is 2. The van der Waals surface area contributed by atoms with Crippen LogP contribution in [-0.2, 0) is 0 Å². The van der Waals surface area contributed by atoms with Gasteiger partial charge in [0.2, 0.25) is 0 Å². The molecule has 0 aliphatic rings.